The van der Waals surface area contributed by atoms with Gasteiger partial charge in [-0.2, -0.15) is 0 Å². The van der Waals surface area contributed by atoms with Gasteiger partial charge in [0.15, 0.2) is 0 Å². The van der Waals surface area contributed by atoms with Gasteiger partial charge in [0.1, 0.15) is 6.10 Å². The molecule has 0 unspecified atom stereocenters. The lowest BCUT2D eigenvalue weighted by molar-refractivity contribution is -0.129. The molecule has 2 N–H and O–H groups in total. The average Bonchev–Trinajstić information content (AvgIpc) is 2.80. The van der Waals surface area contributed by atoms with Crippen LogP contribution in [0.3, 0.4) is 0 Å². The van der Waals surface area contributed by atoms with Gasteiger partial charge in [-0.1, -0.05) is 25.7 Å². The summed E-state index contributed by atoms with van der Waals surface area (Å²) in [4.78, 5) is 11.7. The Hall–Kier alpha value is -0.320. The highest BCUT2D eigenvalue weighted by atomic mass is 35.5. The largest absolute Gasteiger partial charge is 0.368 e. The summed E-state index contributed by atoms with van der Waals surface area (Å²) in [7, 11) is 0. The van der Waals surface area contributed by atoms with Crippen LogP contribution in [0.15, 0.2) is 0 Å². The zero-order valence-electron chi connectivity index (χ0n) is 11.7. The standard InChI is InChI=1S/C14H26N2O2.ClH/c17-14(13-8-5-11-18-13)16-10-9-15-12-6-3-1-2-4-7-12;/h12-13,15H,1-11H2,(H,16,17);1H/t13-;/m0./s1. The van der Waals surface area contributed by atoms with Crippen LogP contribution in [0.1, 0.15) is 51.4 Å². The van der Waals surface area contributed by atoms with Gasteiger partial charge in [0.2, 0.25) is 5.91 Å². The second-order valence-electron chi connectivity index (χ2n) is 5.44. The lowest BCUT2D eigenvalue weighted by atomic mass is 10.1. The topological polar surface area (TPSA) is 50.4 Å². The molecule has 1 saturated heterocycles. The minimum Gasteiger partial charge on any atom is -0.368 e. The van der Waals surface area contributed by atoms with E-state index in [0.717, 1.165) is 32.5 Å². The van der Waals surface area contributed by atoms with E-state index in [1.54, 1.807) is 0 Å². The van der Waals surface area contributed by atoms with Gasteiger partial charge in [0.25, 0.3) is 0 Å². The van der Waals surface area contributed by atoms with E-state index in [1.807, 2.05) is 0 Å². The van der Waals surface area contributed by atoms with Gasteiger partial charge < -0.3 is 15.4 Å². The minimum absolute atomic E-state index is 0. The van der Waals surface area contributed by atoms with E-state index in [1.165, 1.54) is 38.5 Å². The van der Waals surface area contributed by atoms with E-state index in [-0.39, 0.29) is 24.4 Å². The number of amides is 1. The highest BCUT2D eigenvalue weighted by Crippen LogP contribution is 2.16. The number of halogens is 1. The highest BCUT2D eigenvalue weighted by Gasteiger charge is 2.22. The summed E-state index contributed by atoms with van der Waals surface area (Å²) in [6, 6.07) is 0.659. The van der Waals surface area contributed by atoms with Gasteiger partial charge in [-0.3, -0.25) is 4.79 Å². The van der Waals surface area contributed by atoms with Crippen molar-refractivity contribution in [3.05, 3.63) is 0 Å². The fourth-order valence-electron chi connectivity index (χ4n) is 2.84. The molecule has 2 aliphatic rings. The van der Waals surface area contributed by atoms with E-state index in [9.17, 15) is 4.79 Å². The third-order valence-corrected chi connectivity index (χ3v) is 3.93. The van der Waals surface area contributed by atoms with E-state index < -0.39 is 0 Å². The lowest BCUT2D eigenvalue weighted by Crippen LogP contribution is -2.40. The molecule has 1 heterocycles. The summed E-state index contributed by atoms with van der Waals surface area (Å²) >= 11 is 0. The normalized spacial score (nSPS) is 24.5. The highest BCUT2D eigenvalue weighted by molar-refractivity contribution is 5.85. The summed E-state index contributed by atoms with van der Waals surface area (Å²) in [5.74, 6) is 0.0650. The Bertz CT molecular complexity index is 250. The van der Waals surface area contributed by atoms with E-state index >= 15 is 0 Å². The van der Waals surface area contributed by atoms with Gasteiger partial charge >= 0.3 is 0 Å². The van der Waals surface area contributed by atoms with Crippen molar-refractivity contribution >= 4 is 18.3 Å². The molecule has 1 amide bonds. The summed E-state index contributed by atoms with van der Waals surface area (Å²) in [6.45, 7) is 2.33. The van der Waals surface area contributed by atoms with E-state index in [4.69, 9.17) is 4.74 Å². The first-order valence-corrected chi connectivity index (χ1v) is 7.49. The van der Waals surface area contributed by atoms with Crippen molar-refractivity contribution in [2.24, 2.45) is 0 Å². The lowest BCUT2D eigenvalue weighted by Gasteiger charge is -2.17. The number of hydrogen-bond donors (Lipinski definition) is 2. The third kappa shape index (κ3) is 6.11. The van der Waals surface area contributed by atoms with Crippen molar-refractivity contribution in [2.75, 3.05) is 19.7 Å². The fraction of sp³-hybridized carbons (Fsp3) is 0.929. The Morgan fingerprint density at radius 2 is 1.74 bits per heavy atom. The van der Waals surface area contributed by atoms with Crippen LogP contribution in [0.2, 0.25) is 0 Å². The number of rotatable bonds is 5. The molecule has 19 heavy (non-hydrogen) atoms. The van der Waals surface area contributed by atoms with Crippen LogP contribution in [-0.2, 0) is 9.53 Å². The van der Waals surface area contributed by atoms with Crippen LogP contribution in [-0.4, -0.2) is 37.7 Å². The van der Waals surface area contributed by atoms with Crippen LogP contribution in [0, 0.1) is 0 Å². The first-order chi connectivity index (χ1) is 8.86. The summed E-state index contributed by atoms with van der Waals surface area (Å²) in [6.07, 6.45) is 9.74. The first kappa shape index (κ1) is 16.7. The fourth-order valence-corrected chi connectivity index (χ4v) is 2.84. The van der Waals surface area contributed by atoms with Gasteiger partial charge in [-0.25, -0.2) is 0 Å². The molecule has 1 aliphatic heterocycles. The number of carbonyl (C=O) groups is 1. The molecule has 112 valence electrons. The quantitative estimate of drug-likeness (QED) is 0.602. The van der Waals surface area contributed by atoms with Gasteiger partial charge in [0.05, 0.1) is 0 Å². The number of carbonyl (C=O) groups excluding carboxylic acids is 1. The summed E-state index contributed by atoms with van der Waals surface area (Å²) < 4.78 is 5.35. The Morgan fingerprint density at radius 1 is 1.00 bits per heavy atom. The molecule has 0 aromatic rings. The summed E-state index contributed by atoms with van der Waals surface area (Å²) in [5.41, 5.74) is 0. The predicted molar refractivity (Wildman–Crippen MR) is 78.7 cm³/mol. The Balaban J connectivity index is 0.00000180. The van der Waals surface area contributed by atoms with Crippen molar-refractivity contribution in [3.8, 4) is 0 Å². The van der Waals surface area contributed by atoms with E-state index in [2.05, 4.69) is 10.6 Å². The second-order valence-corrected chi connectivity index (χ2v) is 5.44. The molecule has 4 nitrogen and oxygen atoms in total. The zero-order valence-corrected chi connectivity index (χ0v) is 12.5. The number of ether oxygens (including phenoxy) is 1. The molecule has 2 rings (SSSR count). The third-order valence-electron chi connectivity index (χ3n) is 3.93. The minimum atomic E-state index is -0.192. The van der Waals surface area contributed by atoms with Crippen LogP contribution in [0.4, 0.5) is 0 Å². The molecule has 0 bridgehead atoms. The van der Waals surface area contributed by atoms with Crippen molar-refractivity contribution in [1.29, 1.82) is 0 Å². The SMILES string of the molecule is Cl.O=C(NCCNC1CCCCCC1)[C@@H]1CCCO1. The van der Waals surface area contributed by atoms with Crippen molar-refractivity contribution in [3.63, 3.8) is 0 Å². The molecule has 0 spiro atoms. The number of nitrogens with one attached hydrogen (secondary N) is 2. The second kappa shape index (κ2) is 9.56. The average molecular weight is 291 g/mol. The van der Waals surface area contributed by atoms with Gasteiger partial charge in [-0.05, 0) is 25.7 Å². The molecule has 2 fully saturated rings. The Kier molecular flexibility index (Phi) is 8.42. The van der Waals surface area contributed by atoms with Crippen LogP contribution >= 0.6 is 12.4 Å². The van der Waals surface area contributed by atoms with Crippen molar-refractivity contribution in [1.82, 2.24) is 10.6 Å². The molecule has 0 aromatic carbocycles. The molecular formula is C14H27ClN2O2. The molecule has 0 radical (unpaired) electrons. The van der Waals surface area contributed by atoms with Crippen LogP contribution < -0.4 is 10.6 Å². The maximum atomic E-state index is 11.7. The van der Waals surface area contributed by atoms with Crippen molar-refractivity contribution in [2.45, 2.75) is 63.5 Å². The van der Waals surface area contributed by atoms with E-state index in [0.29, 0.717) is 6.04 Å². The molecule has 0 aromatic heterocycles. The van der Waals surface area contributed by atoms with Crippen LogP contribution in [0.5, 0.6) is 0 Å². The zero-order chi connectivity index (χ0) is 12.6. The Morgan fingerprint density at radius 3 is 2.37 bits per heavy atom. The van der Waals surface area contributed by atoms with Crippen LogP contribution in [0.25, 0.3) is 0 Å². The maximum Gasteiger partial charge on any atom is 0.249 e. The molecule has 1 aliphatic carbocycles. The first-order valence-electron chi connectivity index (χ1n) is 7.49. The smallest absolute Gasteiger partial charge is 0.249 e. The van der Waals surface area contributed by atoms with Gasteiger partial charge in [0, 0.05) is 25.7 Å². The molecule has 5 heteroatoms. The predicted octanol–water partition coefficient (Wildman–Crippen LogP) is 2.02. The summed E-state index contributed by atoms with van der Waals surface area (Å²) in [5, 5.41) is 6.51. The Labute approximate surface area is 122 Å². The van der Waals surface area contributed by atoms with Gasteiger partial charge in [-0.15, -0.1) is 12.4 Å². The maximum absolute atomic E-state index is 11.7. The van der Waals surface area contributed by atoms with Crippen molar-refractivity contribution < 1.29 is 9.53 Å². The number of hydrogen-bond acceptors (Lipinski definition) is 3. The molecule has 1 atom stereocenters. The molecular weight excluding hydrogens is 264 g/mol. The monoisotopic (exact) mass is 290 g/mol. The molecule has 1 saturated carbocycles.